The fourth-order valence-corrected chi connectivity index (χ4v) is 4.74. The average Bonchev–Trinajstić information content (AvgIpc) is 3.45. The summed E-state index contributed by atoms with van der Waals surface area (Å²) in [7, 11) is 1.62. The van der Waals surface area contributed by atoms with Crippen LogP contribution >= 0.6 is 23.1 Å². The lowest BCUT2D eigenvalue weighted by Crippen LogP contribution is -2.40. The number of carbonyl (C=O) groups is 3. The van der Waals surface area contributed by atoms with Gasteiger partial charge >= 0.3 is 0 Å². The number of nitrogens with zero attached hydrogens (tertiary/aromatic N) is 1. The zero-order chi connectivity index (χ0) is 21.1. The van der Waals surface area contributed by atoms with Crippen molar-refractivity contribution in [2.75, 3.05) is 20.2 Å². The Morgan fingerprint density at radius 1 is 1.30 bits per heavy atom. The molecule has 1 fully saturated rings. The van der Waals surface area contributed by atoms with Crippen LogP contribution < -0.4 is 10.1 Å². The van der Waals surface area contributed by atoms with E-state index >= 15 is 0 Å². The van der Waals surface area contributed by atoms with Gasteiger partial charge in [-0.15, -0.1) is 11.3 Å². The minimum absolute atomic E-state index is 0.280. The molecule has 3 aromatic rings. The number of imide groups is 1. The summed E-state index contributed by atoms with van der Waals surface area (Å²) in [6, 6.07) is 9.52. The second kappa shape index (κ2) is 8.76. The number of amides is 3. The van der Waals surface area contributed by atoms with Crippen LogP contribution in [-0.4, -0.2) is 47.1 Å². The number of fused-ring (bicyclic) bond motifs is 1. The van der Waals surface area contributed by atoms with Crippen LogP contribution in [0.4, 0.5) is 4.79 Å². The summed E-state index contributed by atoms with van der Waals surface area (Å²) in [6.07, 6.45) is 4.21. The molecule has 0 unspecified atom stereocenters. The van der Waals surface area contributed by atoms with Crippen molar-refractivity contribution in [2.45, 2.75) is 6.42 Å². The normalized spacial score (nSPS) is 15.4. The molecular formula is C21H19N3O4S2. The number of benzene rings is 1. The average molecular weight is 442 g/mol. The second-order valence-corrected chi connectivity index (χ2v) is 8.58. The number of nitrogens with one attached hydrogen (secondary N) is 2. The Kier molecular flexibility index (Phi) is 5.91. The van der Waals surface area contributed by atoms with Gasteiger partial charge in [0.05, 0.1) is 12.0 Å². The summed E-state index contributed by atoms with van der Waals surface area (Å²) in [5, 5.41) is 5.32. The SMILES string of the molecule is COc1ccc2c(CCNC(=O)CN3C(=O)SC(=Cc4cccs4)C3=O)c[nH]c2c1. The fraction of sp³-hybridized carbons (Fsp3) is 0.190. The zero-order valence-corrected chi connectivity index (χ0v) is 17.8. The highest BCUT2D eigenvalue weighted by molar-refractivity contribution is 8.18. The van der Waals surface area contributed by atoms with Crippen molar-refractivity contribution in [3.63, 3.8) is 0 Å². The van der Waals surface area contributed by atoms with E-state index in [2.05, 4.69) is 10.3 Å². The molecule has 0 radical (unpaired) electrons. The molecule has 3 amide bonds. The Bertz CT molecular complexity index is 1130. The highest BCUT2D eigenvalue weighted by Gasteiger charge is 2.36. The van der Waals surface area contributed by atoms with Crippen molar-refractivity contribution < 1.29 is 19.1 Å². The zero-order valence-electron chi connectivity index (χ0n) is 16.1. The van der Waals surface area contributed by atoms with Gasteiger partial charge < -0.3 is 15.0 Å². The summed E-state index contributed by atoms with van der Waals surface area (Å²) in [4.78, 5) is 42.3. The van der Waals surface area contributed by atoms with Crippen LogP contribution in [0.2, 0.25) is 0 Å². The molecule has 30 heavy (non-hydrogen) atoms. The van der Waals surface area contributed by atoms with Gasteiger partial charge in [0.15, 0.2) is 0 Å². The maximum absolute atomic E-state index is 12.5. The first kappa shape index (κ1) is 20.2. The minimum Gasteiger partial charge on any atom is -0.497 e. The Hall–Kier alpha value is -3.04. The topological polar surface area (TPSA) is 91.5 Å². The summed E-state index contributed by atoms with van der Waals surface area (Å²) in [5.41, 5.74) is 2.03. The fourth-order valence-electron chi connectivity index (χ4n) is 3.17. The van der Waals surface area contributed by atoms with E-state index in [1.807, 2.05) is 41.9 Å². The first-order valence-corrected chi connectivity index (χ1v) is 10.9. The van der Waals surface area contributed by atoms with Gasteiger partial charge in [0.25, 0.3) is 11.1 Å². The molecule has 0 bridgehead atoms. The Morgan fingerprint density at radius 3 is 2.93 bits per heavy atom. The summed E-state index contributed by atoms with van der Waals surface area (Å²) >= 11 is 2.34. The summed E-state index contributed by atoms with van der Waals surface area (Å²) in [6.45, 7) is 0.122. The van der Waals surface area contributed by atoms with Crippen molar-refractivity contribution in [3.8, 4) is 5.75 Å². The van der Waals surface area contributed by atoms with Gasteiger partial charge in [-0.25, -0.2) is 0 Å². The Balaban J connectivity index is 1.32. The molecule has 4 rings (SSSR count). The predicted octanol–water partition coefficient (Wildman–Crippen LogP) is 3.63. The van der Waals surface area contributed by atoms with Crippen molar-refractivity contribution in [1.82, 2.24) is 15.2 Å². The number of H-pyrrole nitrogens is 1. The number of thiophene rings is 1. The van der Waals surface area contributed by atoms with Crippen molar-refractivity contribution in [2.24, 2.45) is 0 Å². The van der Waals surface area contributed by atoms with E-state index in [-0.39, 0.29) is 12.5 Å². The summed E-state index contributed by atoms with van der Waals surface area (Å²) < 4.78 is 5.22. The first-order chi connectivity index (χ1) is 14.5. The molecule has 0 aliphatic carbocycles. The number of thioether (sulfide) groups is 1. The van der Waals surface area contributed by atoms with Gasteiger partial charge in [0.2, 0.25) is 5.91 Å². The van der Waals surface area contributed by atoms with Gasteiger partial charge in [0, 0.05) is 34.6 Å². The molecule has 1 aromatic carbocycles. The quantitative estimate of drug-likeness (QED) is 0.547. The van der Waals surface area contributed by atoms with E-state index in [1.54, 1.807) is 13.2 Å². The van der Waals surface area contributed by atoms with Crippen molar-refractivity contribution >= 4 is 57.1 Å². The van der Waals surface area contributed by atoms with E-state index < -0.39 is 11.1 Å². The van der Waals surface area contributed by atoms with E-state index in [0.717, 1.165) is 43.8 Å². The van der Waals surface area contributed by atoms with Gasteiger partial charge in [-0.3, -0.25) is 19.3 Å². The molecule has 0 atom stereocenters. The highest BCUT2D eigenvalue weighted by atomic mass is 32.2. The number of rotatable bonds is 7. The van der Waals surface area contributed by atoms with E-state index in [4.69, 9.17) is 4.74 Å². The molecule has 0 saturated carbocycles. The molecular weight excluding hydrogens is 422 g/mol. The van der Waals surface area contributed by atoms with Crippen molar-refractivity contribution in [3.05, 3.63) is 57.3 Å². The number of hydrogen-bond acceptors (Lipinski definition) is 6. The monoisotopic (exact) mass is 441 g/mol. The van der Waals surface area contributed by atoms with Crippen LogP contribution in [0.25, 0.3) is 17.0 Å². The van der Waals surface area contributed by atoms with Crippen LogP contribution in [0, 0.1) is 0 Å². The maximum atomic E-state index is 12.5. The van der Waals surface area contributed by atoms with E-state index in [0.29, 0.717) is 17.9 Å². The van der Waals surface area contributed by atoms with Crippen LogP contribution in [0.5, 0.6) is 5.75 Å². The lowest BCUT2D eigenvalue weighted by molar-refractivity contribution is -0.129. The standard InChI is InChI=1S/C21H19N3O4S2/c1-28-14-4-5-16-13(11-23-17(16)9-14)6-7-22-19(25)12-24-20(26)18(30-21(24)27)10-15-3-2-8-29-15/h2-5,8-11,23H,6-7,12H2,1H3,(H,22,25). The molecule has 9 heteroatoms. The third-order valence-electron chi connectivity index (χ3n) is 4.68. The molecule has 1 aliphatic heterocycles. The number of aromatic nitrogens is 1. The highest BCUT2D eigenvalue weighted by Crippen LogP contribution is 2.32. The lowest BCUT2D eigenvalue weighted by atomic mass is 10.1. The number of aromatic amines is 1. The molecule has 1 aliphatic rings. The maximum Gasteiger partial charge on any atom is 0.294 e. The number of ether oxygens (including phenoxy) is 1. The van der Waals surface area contributed by atoms with Gasteiger partial charge in [-0.2, -0.15) is 0 Å². The molecule has 2 N–H and O–H groups in total. The van der Waals surface area contributed by atoms with Crippen LogP contribution in [0.15, 0.2) is 46.8 Å². The summed E-state index contributed by atoms with van der Waals surface area (Å²) in [5.74, 6) is -0.0233. The molecule has 1 saturated heterocycles. The Labute approximate surface area is 181 Å². The van der Waals surface area contributed by atoms with Crippen LogP contribution in [-0.2, 0) is 16.0 Å². The second-order valence-electron chi connectivity index (χ2n) is 6.61. The minimum atomic E-state index is -0.431. The van der Waals surface area contributed by atoms with Gasteiger partial charge in [0.1, 0.15) is 12.3 Å². The molecule has 3 heterocycles. The third-order valence-corrected chi connectivity index (χ3v) is 6.41. The van der Waals surface area contributed by atoms with Gasteiger partial charge in [-0.05, 0) is 53.4 Å². The van der Waals surface area contributed by atoms with E-state index in [9.17, 15) is 14.4 Å². The predicted molar refractivity (Wildman–Crippen MR) is 119 cm³/mol. The number of methoxy groups -OCH3 is 1. The van der Waals surface area contributed by atoms with Gasteiger partial charge in [-0.1, -0.05) is 6.07 Å². The number of hydrogen-bond donors (Lipinski definition) is 2. The molecule has 0 spiro atoms. The number of carbonyl (C=O) groups excluding carboxylic acids is 3. The third kappa shape index (κ3) is 4.27. The molecule has 7 nitrogen and oxygen atoms in total. The molecule has 154 valence electrons. The Morgan fingerprint density at radius 2 is 2.17 bits per heavy atom. The largest absolute Gasteiger partial charge is 0.497 e. The molecule has 2 aromatic heterocycles. The van der Waals surface area contributed by atoms with Crippen molar-refractivity contribution in [1.29, 1.82) is 0 Å². The van der Waals surface area contributed by atoms with E-state index in [1.165, 1.54) is 11.3 Å². The smallest absolute Gasteiger partial charge is 0.294 e. The van der Waals surface area contributed by atoms with Crippen LogP contribution in [0.3, 0.4) is 0 Å². The first-order valence-electron chi connectivity index (χ1n) is 9.24. The van der Waals surface area contributed by atoms with Crippen LogP contribution in [0.1, 0.15) is 10.4 Å². The lowest BCUT2D eigenvalue weighted by Gasteiger charge is -2.12.